The van der Waals surface area contributed by atoms with Crippen molar-refractivity contribution in [1.29, 1.82) is 0 Å². The molecule has 1 aromatic carbocycles. The summed E-state index contributed by atoms with van der Waals surface area (Å²) in [4.78, 5) is 11.5. The molecule has 0 aliphatic rings. The van der Waals surface area contributed by atoms with Crippen LogP contribution in [0.1, 0.15) is 19.4 Å². The number of alkyl halides is 3. The molecule has 0 heterocycles. The zero-order valence-corrected chi connectivity index (χ0v) is 13.2. The highest BCUT2D eigenvalue weighted by Crippen LogP contribution is 2.29. The summed E-state index contributed by atoms with van der Waals surface area (Å²) in [6, 6.07) is 5.26. The molecule has 6 heteroatoms. The number of hydrogen-bond acceptors (Lipinski definition) is 2. The summed E-state index contributed by atoms with van der Waals surface area (Å²) in [6.45, 7) is 6.68. The Morgan fingerprint density at radius 3 is 2.47 bits per heavy atom. The lowest BCUT2D eigenvalue weighted by Gasteiger charge is -2.14. The molecule has 0 saturated carbocycles. The van der Waals surface area contributed by atoms with E-state index < -0.39 is 9.70 Å². The van der Waals surface area contributed by atoms with Crippen LogP contribution in [0.25, 0.3) is 0 Å². The van der Waals surface area contributed by atoms with Crippen LogP contribution in [0.2, 0.25) is 0 Å². The molecule has 0 aliphatic heterocycles. The molecule has 0 bridgehead atoms. The Bertz CT molecular complexity index is 456. The molecule has 0 saturated heterocycles. The van der Waals surface area contributed by atoms with E-state index in [1.807, 2.05) is 6.92 Å². The van der Waals surface area contributed by atoms with E-state index in [4.69, 9.17) is 39.5 Å². The molecule has 0 radical (unpaired) electrons. The first-order chi connectivity index (χ1) is 8.70. The zero-order valence-electron chi connectivity index (χ0n) is 11.0. The highest BCUT2D eigenvalue weighted by atomic mass is 35.6. The summed E-state index contributed by atoms with van der Waals surface area (Å²) in [7, 11) is 0. The number of aryl methyl sites for hydroxylation is 1. The molecule has 0 fully saturated rings. The standard InChI is InChI=1S/C13H16Cl3NO2/c1-8(2)7-19-11-5-4-10(6-9(11)3)17-12(18)13(14,15)16/h4-6,8H,7H2,1-3H3,(H,17,18). The average molecular weight is 325 g/mol. The van der Waals surface area contributed by atoms with Gasteiger partial charge in [0.25, 0.3) is 9.70 Å². The van der Waals surface area contributed by atoms with Crippen molar-refractivity contribution in [2.24, 2.45) is 5.92 Å². The second-order valence-electron chi connectivity index (χ2n) is 4.64. The minimum absolute atomic E-state index is 0.447. The number of hydrogen-bond donors (Lipinski definition) is 1. The Hall–Kier alpha value is -0.640. The first kappa shape index (κ1) is 16.4. The second-order valence-corrected chi connectivity index (χ2v) is 6.92. The monoisotopic (exact) mass is 323 g/mol. The van der Waals surface area contributed by atoms with Crippen LogP contribution >= 0.6 is 34.8 Å². The lowest BCUT2D eigenvalue weighted by atomic mass is 10.2. The number of rotatable bonds is 4. The Kier molecular flexibility index (Phi) is 5.78. The lowest BCUT2D eigenvalue weighted by Crippen LogP contribution is -2.26. The first-order valence-corrected chi connectivity index (χ1v) is 6.95. The van der Waals surface area contributed by atoms with E-state index in [0.29, 0.717) is 18.2 Å². The minimum atomic E-state index is -1.97. The Balaban J connectivity index is 2.74. The minimum Gasteiger partial charge on any atom is -0.493 e. The Morgan fingerprint density at radius 2 is 2.00 bits per heavy atom. The topological polar surface area (TPSA) is 38.3 Å². The zero-order chi connectivity index (χ0) is 14.6. The van der Waals surface area contributed by atoms with Gasteiger partial charge in [0.05, 0.1) is 6.61 Å². The summed E-state index contributed by atoms with van der Waals surface area (Å²) in [5, 5.41) is 2.52. The van der Waals surface area contributed by atoms with Crippen LogP contribution < -0.4 is 10.1 Å². The van der Waals surface area contributed by atoms with E-state index in [1.165, 1.54) is 0 Å². The van der Waals surface area contributed by atoms with E-state index in [1.54, 1.807) is 18.2 Å². The molecule has 0 atom stereocenters. The van der Waals surface area contributed by atoms with Crippen molar-refractivity contribution in [1.82, 2.24) is 0 Å². The summed E-state index contributed by atoms with van der Waals surface area (Å²) in [6.07, 6.45) is 0. The largest absolute Gasteiger partial charge is 0.493 e. The SMILES string of the molecule is Cc1cc(NC(=O)C(Cl)(Cl)Cl)ccc1OCC(C)C. The fraction of sp³-hybridized carbons (Fsp3) is 0.462. The van der Waals surface area contributed by atoms with Gasteiger partial charge in [-0.25, -0.2) is 0 Å². The highest BCUT2D eigenvalue weighted by molar-refractivity contribution is 6.76. The van der Waals surface area contributed by atoms with Crippen molar-refractivity contribution in [2.75, 3.05) is 11.9 Å². The summed E-state index contributed by atoms with van der Waals surface area (Å²) in [5.41, 5.74) is 1.47. The predicted octanol–water partition coefficient (Wildman–Crippen LogP) is 4.34. The number of benzene rings is 1. The lowest BCUT2D eigenvalue weighted by molar-refractivity contribution is -0.115. The third-order valence-corrected chi connectivity index (χ3v) is 2.78. The average Bonchev–Trinajstić information content (AvgIpc) is 2.26. The molecular weight excluding hydrogens is 309 g/mol. The molecule has 1 amide bonds. The van der Waals surface area contributed by atoms with Gasteiger partial charge >= 0.3 is 0 Å². The fourth-order valence-electron chi connectivity index (χ4n) is 1.35. The molecule has 3 nitrogen and oxygen atoms in total. The van der Waals surface area contributed by atoms with E-state index in [9.17, 15) is 4.79 Å². The quantitative estimate of drug-likeness (QED) is 0.837. The van der Waals surface area contributed by atoms with Crippen molar-refractivity contribution in [2.45, 2.75) is 24.6 Å². The van der Waals surface area contributed by atoms with Crippen LogP contribution in [0.5, 0.6) is 5.75 Å². The number of amides is 1. The maximum Gasteiger partial charge on any atom is 0.276 e. The smallest absolute Gasteiger partial charge is 0.276 e. The van der Waals surface area contributed by atoms with E-state index in [0.717, 1.165) is 11.3 Å². The maximum atomic E-state index is 11.5. The third-order valence-electron chi connectivity index (χ3n) is 2.26. The van der Waals surface area contributed by atoms with Gasteiger partial charge in [-0.2, -0.15) is 0 Å². The Labute approximate surface area is 128 Å². The van der Waals surface area contributed by atoms with Crippen molar-refractivity contribution in [3.05, 3.63) is 23.8 Å². The predicted molar refractivity (Wildman–Crippen MR) is 80.4 cm³/mol. The van der Waals surface area contributed by atoms with E-state index in [-0.39, 0.29) is 0 Å². The second kappa shape index (κ2) is 6.69. The van der Waals surface area contributed by atoms with Crippen molar-refractivity contribution >= 4 is 46.4 Å². The number of halogens is 3. The van der Waals surface area contributed by atoms with Crippen LogP contribution in [-0.4, -0.2) is 16.3 Å². The van der Waals surface area contributed by atoms with Crippen LogP contribution in [-0.2, 0) is 4.79 Å². The van der Waals surface area contributed by atoms with Crippen molar-refractivity contribution in [3.63, 3.8) is 0 Å². The Morgan fingerprint density at radius 1 is 1.37 bits per heavy atom. The van der Waals surface area contributed by atoms with Gasteiger partial charge in [-0.15, -0.1) is 0 Å². The molecule has 19 heavy (non-hydrogen) atoms. The summed E-state index contributed by atoms with van der Waals surface area (Å²) >= 11 is 16.4. The van der Waals surface area contributed by atoms with Gasteiger partial charge < -0.3 is 10.1 Å². The van der Waals surface area contributed by atoms with Crippen LogP contribution in [0.4, 0.5) is 5.69 Å². The van der Waals surface area contributed by atoms with Gasteiger partial charge in [0.2, 0.25) is 0 Å². The van der Waals surface area contributed by atoms with Gasteiger partial charge in [0.15, 0.2) is 0 Å². The number of anilines is 1. The molecule has 0 aliphatic carbocycles. The van der Waals surface area contributed by atoms with Crippen LogP contribution in [0.3, 0.4) is 0 Å². The van der Waals surface area contributed by atoms with Crippen LogP contribution in [0.15, 0.2) is 18.2 Å². The summed E-state index contributed by atoms with van der Waals surface area (Å²) < 4.78 is 3.66. The van der Waals surface area contributed by atoms with Crippen molar-refractivity contribution < 1.29 is 9.53 Å². The van der Waals surface area contributed by atoms with Gasteiger partial charge in [0, 0.05) is 5.69 Å². The molecule has 0 spiro atoms. The molecule has 0 aromatic heterocycles. The van der Waals surface area contributed by atoms with Gasteiger partial charge in [-0.1, -0.05) is 48.7 Å². The third kappa shape index (κ3) is 5.47. The van der Waals surface area contributed by atoms with Gasteiger partial charge in [0.1, 0.15) is 5.75 Å². The molecule has 1 rings (SSSR count). The number of carbonyl (C=O) groups excluding carboxylic acids is 1. The van der Waals surface area contributed by atoms with Crippen LogP contribution in [0, 0.1) is 12.8 Å². The number of ether oxygens (including phenoxy) is 1. The molecule has 1 aromatic rings. The summed E-state index contributed by atoms with van der Waals surface area (Å²) in [5.74, 6) is 0.538. The van der Waals surface area contributed by atoms with Crippen molar-refractivity contribution in [3.8, 4) is 5.75 Å². The van der Waals surface area contributed by atoms with Gasteiger partial charge in [-0.3, -0.25) is 4.79 Å². The molecule has 106 valence electrons. The number of carbonyl (C=O) groups is 1. The van der Waals surface area contributed by atoms with E-state index >= 15 is 0 Å². The number of nitrogens with one attached hydrogen (secondary N) is 1. The first-order valence-electron chi connectivity index (χ1n) is 5.81. The van der Waals surface area contributed by atoms with E-state index in [2.05, 4.69) is 19.2 Å². The fourth-order valence-corrected chi connectivity index (χ4v) is 1.49. The highest BCUT2D eigenvalue weighted by Gasteiger charge is 2.30. The molecule has 0 unspecified atom stereocenters. The molecular formula is C13H16Cl3NO2. The molecule has 1 N–H and O–H groups in total. The normalized spacial score (nSPS) is 11.5. The maximum absolute atomic E-state index is 11.5. The van der Waals surface area contributed by atoms with Gasteiger partial charge in [-0.05, 0) is 36.6 Å².